The molecule has 0 radical (unpaired) electrons. The maximum atomic E-state index is 4.33. The SMILES string of the molecule is CCCNCc1cn(Cc2nccn2CC)nn1. The zero-order valence-corrected chi connectivity index (χ0v) is 11.0. The first-order valence-corrected chi connectivity index (χ1v) is 6.43. The monoisotopic (exact) mass is 248 g/mol. The Labute approximate surface area is 107 Å². The maximum absolute atomic E-state index is 4.33. The Kier molecular flexibility index (Phi) is 4.46. The van der Waals surface area contributed by atoms with Crippen molar-refractivity contribution in [3.05, 3.63) is 30.1 Å². The van der Waals surface area contributed by atoms with E-state index < -0.39 is 0 Å². The van der Waals surface area contributed by atoms with Crippen molar-refractivity contribution in [2.75, 3.05) is 6.54 Å². The third-order valence-corrected chi connectivity index (χ3v) is 2.76. The molecule has 0 atom stereocenters. The Bertz CT molecular complexity index is 472. The topological polar surface area (TPSA) is 60.6 Å². The lowest BCUT2D eigenvalue weighted by Gasteiger charge is -2.03. The molecule has 0 unspecified atom stereocenters. The van der Waals surface area contributed by atoms with E-state index >= 15 is 0 Å². The predicted molar refractivity (Wildman–Crippen MR) is 69.0 cm³/mol. The van der Waals surface area contributed by atoms with Gasteiger partial charge in [0.15, 0.2) is 0 Å². The van der Waals surface area contributed by atoms with Crippen LogP contribution >= 0.6 is 0 Å². The Morgan fingerprint density at radius 3 is 3.00 bits per heavy atom. The second-order valence-electron chi connectivity index (χ2n) is 4.21. The first-order chi connectivity index (χ1) is 8.83. The maximum Gasteiger partial charge on any atom is 0.130 e. The summed E-state index contributed by atoms with van der Waals surface area (Å²) < 4.78 is 3.94. The molecule has 0 fully saturated rings. The van der Waals surface area contributed by atoms with Crippen LogP contribution in [0.25, 0.3) is 0 Å². The van der Waals surface area contributed by atoms with Crippen LogP contribution in [0.3, 0.4) is 0 Å². The highest BCUT2D eigenvalue weighted by atomic mass is 15.4. The Hall–Kier alpha value is -1.69. The molecule has 98 valence electrons. The standard InChI is InChI=1S/C12H20N6/c1-3-5-13-8-11-9-18(16-15-11)10-12-14-6-7-17(12)4-2/h6-7,9,13H,3-5,8,10H2,1-2H3. The summed E-state index contributed by atoms with van der Waals surface area (Å²) in [6.45, 7) is 7.63. The fourth-order valence-electron chi connectivity index (χ4n) is 1.81. The number of nitrogens with one attached hydrogen (secondary N) is 1. The van der Waals surface area contributed by atoms with Gasteiger partial charge in [-0.05, 0) is 19.9 Å². The molecular formula is C12H20N6. The van der Waals surface area contributed by atoms with E-state index in [-0.39, 0.29) is 0 Å². The molecule has 2 heterocycles. The number of aromatic nitrogens is 5. The molecule has 0 aliphatic rings. The van der Waals surface area contributed by atoms with Gasteiger partial charge >= 0.3 is 0 Å². The second kappa shape index (κ2) is 6.30. The van der Waals surface area contributed by atoms with Gasteiger partial charge in [-0.2, -0.15) is 0 Å². The van der Waals surface area contributed by atoms with Crippen molar-refractivity contribution in [2.45, 2.75) is 39.9 Å². The van der Waals surface area contributed by atoms with Crippen molar-refractivity contribution in [3.63, 3.8) is 0 Å². The molecule has 18 heavy (non-hydrogen) atoms. The van der Waals surface area contributed by atoms with Gasteiger partial charge in [0, 0.05) is 25.5 Å². The van der Waals surface area contributed by atoms with Crippen LogP contribution < -0.4 is 5.32 Å². The first-order valence-electron chi connectivity index (χ1n) is 6.43. The lowest BCUT2D eigenvalue weighted by atomic mass is 10.4. The number of hydrogen-bond acceptors (Lipinski definition) is 4. The van der Waals surface area contributed by atoms with Crippen molar-refractivity contribution in [1.29, 1.82) is 0 Å². The average Bonchev–Trinajstić information content (AvgIpc) is 2.99. The molecule has 1 N–H and O–H groups in total. The van der Waals surface area contributed by atoms with Crippen LogP contribution in [-0.2, 0) is 19.6 Å². The van der Waals surface area contributed by atoms with E-state index in [1.165, 1.54) is 0 Å². The molecular weight excluding hydrogens is 228 g/mol. The minimum absolute atomic E-state index is 0.668. The molecule has 2 aromatic rings. The van der Waals surface area contributed by atoms with Gasteiger partial charge in [-0.1, -0.05) is 12.1 Å². The van der Waals surface area contributed by atoms with Gasteiger partial charge in [0.05, 0.1) is 11.9 Å². The van der Waals surface area contributed by atoms with Crippen LogP contribution in [0.15, 0.2) is 18.6 Å². The summed E-state index contributed by atoms with van der Waals surface area (Å²) in [7, 11) is 0. The van der Waals surface area contributed by atoms with Gasteiger partial charge in [-0.3, -0.25) is 0 Å². The fourth-order valence-corrected chi connectivity index (χ4v) is 1.81. The summed E-state index contributed by atoms with van der Waals surface area (Å²) in [5.41, 5.74) is 0.970. The van der Waals surface area contributed by atoms with Crippen molar-refractivity contribution >= 4 is 0 Å². The molecule has 0 aromatic carbocycles. The van der Waals surface area contributed by atoms with Crippen LogP contribution in [-0.4, -0.2) is 31.1 Å². The molecule has 0 saturated carbocycles. The molecule has 2 rings (SSSR count). The van der Waals surface area contributed by atoms with E-state index in [0.29, 0.717) is 6.54 Å². The molecule has 0 spiro atoms. The molecule has 6 heteroatoms. The van der Waals surface area contributed by atoms with E-state index in [9.17, 15) is 0 Å². The van der Waals surface area contributed by atoms with Crippen LogP contribution in [0.1, 0.15) is 31.8 Å². The minimum atomic E-state index is 0.668. The average molecular weight is 248 g/mol. The minimum Gasteiger partial charge on any atom is -0.334 e. The van der Waals surface area contributed by atoms with Gasteiger partial charge < -0.3 is 9.88 Å². The van der Waals surface area contributed by atoms with Crippen molar-refractivity contribution < 1.29 is 0 Å². The summed E-state index contributed by atoms with van der Waals surface area (Å²) in [5, 5.41) is 11.6. The number of nitrogens with zero attached hydrogens (tertiary/aromatic N) is 5. The lowest BCUT2D eigenvalue weighted by Crippen LogP contribution is -2.14. The summed E-state index contributed by atoms with van der Waals surface area (Å²) >= 11 is 0. The van der Waals surface area contributed by atoms with E-state index in [1.807, 2.05) is 23.3 Å². The van der Waals surface area contributed by atoms with Gasteiger partial charge in [-0.15, -0.1) is 5.10 Å². The molecule has 0 bridgehead atoms. The molecule has 6 nitrogen and oxygen atoms in total. The fraction of sp³-hybridized carbons (Fsp3) is 0.583. The van der Waals surface area contributed by atoms with Crippen LogP contribution in [0.4, 0.5) is 0 Å². The Morgan fingerprint density at radius 1 is 1.33 bits per heavy atom. The Morgan fingerprint density at radius 2 is 2.22 bits per heavy atom. The quantitative estimate of drug-likeness (QED) is 0.744. The van der Waals surface area contributed by atoms with Crippen LogP contribution in [0.2, 0.25) is 0 Å². The van der Waals surface area contributed by atoms with Crippen LogP contribution in [0.5, 0.6) is 0 Å². The van der Waals surface area contributed by atoms with Gasteiger partial charge in [0.1, 0.15) is 12.4 Å². The summed E-state index contributed by atoms with van der Waals surface area (Å²) in [6.07, 6.45) is 6.90. The smallest absolute Gasteiger partial charge is 0.130 e. The molecule has 0 saturated heterocycles. The highest BCUT2D eigenvalue weighted by Crippen LogP contribution is 2.01. The highest BCUT2D eigenvalue weighted by molar-refractivity contribution is 4.96. The van der Waals surface area contributed by atoms with Crippen molar-refractivity contribution in [1.82, 2.24) is 29.9 Å². The predicted octanol–water partition coefficient (Wildman–Crippen LogP) is 1.04. The number of hydrogen-bond donors (Lipinski definition) is 1. The second-order valence-corrected chi connectivity index (χ2v) is 4.21. The van der Waals surface area contributed by atoms with E-state index in [0.717, 1.165) is 37.6 Å². The third-order valence-electron chi connectivity index (χ3n) is 2.76. The van der Waals surface area contributed by atoms with E-state index in [4.69, 9.17) is 0 Å². The number of imidazole rings is 1. The summed E-state index contributed by atoms with van der Waals surface area (Å²) in [5.74, 6) is 1.01. The molecule has 0 aliphatic carbocycles. The van der Waals surface area contributed by atoms with E-state index in [1.54, 1.807) is 0 Å². The van der Waals surface area contributed by atoms with Gasteiger partial charge in [0.25, 0.3) is 0 Å². The van der Waals surface area contributed by atoms with Gasteiger partial charge in [0.2, 0.25) is 0 Å². The van der Waals surface area contributed by atoms with Gasteiger partial charge in [-0.25, -0.2) is 9.67 Å². The molecule has 2 aromatic heterocycles. The highest BCUT2D eigenvalue weighted by Gasteiger charge is 2.05. The summed E-state index contributed by atoms with van der Waals surface area (Å²) in [6, 6.07) is 0. The Balaban J connectivity index is 1.94. The van der Waals surface area contributed by atoms with E-state index in [2.05, 4.69) is 39.0 Å². The normalized spacial score (nSPS) is 11.0. The zero-order valence-electron chi connectivity index (χ0n) is 11.0. The first kappa shape index (κ1) is 12.8. The zero-order chi connectivity index (χ0) is 12.8. The number of rotatable bonds is 7. The van der Waals surface area contributed by atoms with Crippen molar-refractivity contribution in [3.8, 4) is 0 Å². The lowest BCUT2D eigenvalue weighted by molar-refractivity contribution is 0.588. The summed E-state index contributed by atoms with van der Waals surface area (Å²) in [4.78, 5) is 4.33. The van der Waals surface area contributed by atoms with Crippen molar-refractivity contribution in [2.24, 2.45) is 0 Å². The third kappa shape index (κ3) is 3.16. The molecule has 0 aliphatic heterocycles. The largest absolute Gasteiger partial charge is 0.334 e. The van der Waals surface area contributed by atoms with Crippen LogP contribution in [0, 0.1) is 0 Å². The number of aryl methyl sites for hydroxylation is 1. The molecule has 0 amide bonds.